The summed E-state index contributed by atoms with van der Waals surface area (Å²) in [5, 5.41) is 13.3. The molecule has 0 amide bonds. The Hall–Kier alpha value is -1.23. The minimum atomic E-state index is -0.856. The Morgan fingerprint density at radius 3 is 2.65 bits per heavy atom. The summed E-state index contributed by atoms with van der Waals surface area (Å²) >= 11 is 3.43. The van der Waals surface area contributed by atoms with Crippen molar-refractivity contribution in [3.05, 3.63) is 69.9 Å². The van der Waals surface area contributed by atoms with Crippen LogP contribution in [0.5, 0.6) is 0 Å². The van der Waals surface area contributed by atoms with Gasteiger partial charge in [-0.1, -0.05) is 46.3 Å². The first-order valence-electron chi connectivity index (χ1n) is 6.49. The van der Waals surface area contributed by atoms with Crippen LogP contribution in [0.3, 0.4) is 0 Å². The van der Waals surface area contributed by atoms with Crippen molar-refractivity contribution in [2.75, 3.05) is 6.54 Å². The van der Waals surface area contributed by atoms with Gasteiger partial charge in [-0.3, -0.25) is 0 Å². The van der Waals surface area contributed by atoms with Crippen LogP contribution in [-0.2, 0) is 0 Å². The van der Waals surface area contributed by atoms with E-state index in [2.05, 4.69) is 21.2 Å². The van der Waals surface area contributed by atoms with Crippen LogP contribution in [-0.4, -0.2) is 11.7 Å². The molecule has 0 aromatic heterocycles. The van der Waals surface area contributed by atoms with Crippen LogP contribution in [0.4, 0.5) is 4.39 Å². The highest BCUT2D eigenvalue weighted by molar-refractivity contribution is 9.10. The van der Waals surface area contributed by atoms with Crippen molar-refractivity contribution in [3.63, 3.8) is 0 Å². The van der Waals surface area contributed by atoms with Crippen molar-refractivity contribution in [1.29, 1.82) is 0 Å². The summed E-state index contributed by atoms with van der Waals surface area (Å²) in [6.45, 7) is 2.31. The summed E-state index contributed by atoms with van der Waals surface area (Å²) in [5.74, 6) is -0.378. The highest BCUT2D eigenvalue weighted by Gasteiger charge is 2.13. The molecule has 2 N–H and O–H groups in total. The third-order valence-electron chi connectivity index (χ3n) is 3.23. The predicted molar refractivity (Wildman–Crippen MR) is 81.9 cm³/mol. The zero-order chi connectivity index (χ0) is 14.5. The number of benzene rings is 2. The van der Waals surface area contributed by atoms with E-state index in [1.54, 1.807) is 18.2 Å². The molecule has 0 radical (unpaired) electrons. The van der Waals surface area contributed by atoms with Gasteiger partial charge in [-0.25, -0.2) is 4.39 Å². The van der Waals surface area contributed by atoms with Crippen molar-refractivity contribution >= 4 is 15.9 Å². The molecule has 0 bridgehead atoms. The van der Waals surface area contributed by atoms with Crippen molar-refractivity contribution < 1.29 is 9.50 Å². The maximum absolute atomic E-state index is 13.5. The Bertz CT molecular complexity index is 576. The summed E-state index contributed by atoms with van der Waals surface area (Å²) in [6, 6.07) is 14.3. The van der Waals surface area contributed by atoms with Gasteiger partial charge < -0.3 is 10.4 Å². The Morgan fingerprint density at radius 2 is 1.95 bits per heavy atom. The zero-order valence-electron chi connectivity index (χ0n) is 11.2. The van der Waals surface area contributed by atoms with Crippen LogP contribution in [0.15, 0.2) is 53.0 Å². The van der Waals surface area contributed by atoms with Gasteiger partial charge in [0.1, 0.15) is 5.82 Å². The van der Waals surface area contributed by atoms with Crippen molar-refractivity contribution in [2.45, 2.75) is 19.1 Å². The number of hydrogen-bond acceptors (Lipinski definition) is 2. The van der Waals surface area contributed by atoms with E-state index in [-0.39, 0.29) is 11.9 Å². The second kappa shape index (κ2) is 6.97. The lowest BCUT2D eigenvalue weighted by Crippen LogP contribution is -2.25. The lowest BCUT2D eigenvalue weighted by atomic mass is 10.1. The molecular formula is C16H17BrFNO. The van der Waals surface area contributed by atoms with Crippen LogP contribution in [0.1, 0.15) is 30.2 Å². The van der Waals surface area contributed by atoms with E-state index in [1.807, 2.05) is 31.2 Å². The molecule has 0 spiro atoms. The normalized spacial score (nSPS) is 14.0. The number of rotatable bonds is 5. The second-order valence-corrected chi connectivity index (χ2v) is 5.64. The number of halogens is 2. The van der Waals surface area contributed by atoms with Crippen LogP contribution >= 0.6 is 15.9 Å². The van der Waals surface area contributed by atoms with Gasteiger partial charge in [-0.2, -0.15) is 0 Å². The summed E-state index contributed by atoms with van der Waals surface area (Å²) in [6.07, 6.45) is -0.856. The molecule has 2 nitrogen and oxygen atoms in total. The minimum absolute atomic E-state index is 0.0777. The van der Waals surface area contributed by atoms with Gasteiger partial charge in [0.15, 0.2) is 0 Å². The minimum Gasteiger partial charge on any atom is -0.387 e. The number of hydrogen-bond donors (Lipinski definition) is 2. The van der Waals surface area contributed by atoms with Crippen LogP contribution in [0.25, 0.3) is 0 Å². The van der Waals surface area contributed by atoms with Gasteiger partial charge in [0, 0.05) is 22.6 Å². The molecule has 0 aliphatic carbocycles. The molecular weight excluding hydrogens is 321 g/mol. The molecule has 106 valence electrons. The van der Waals surface area contributed by atoms with E-state index >= 15 is 0 Å². The van der Waals surface area contributed by atoms with Crippen LogP contribution in [0.2, 0.25) is 0 Å². The molecule has 2 aromatic carbocycles. The van der Waals surface area contributed by atoms with E-state index in [9.17, 15) is 9.50 Å². The monoisotopic (exact) mass is 337 g/mol. The van der Waals surface area contributed by atoms with Crippen LogP contribution in [0, 0.1) is 5.82 Å². The van der Waals surface area contributed by atoms with E-state index in [4.69, 9.17) is 0 Å². The molecule has 0 saturated carbocycles. The maximum Gasteiger partial charge on any atom is 0.129 e. The zero-order valence-corrected chi connectivity index (χ0v) is 12.8. The fraction of sp³-hybridized carbons (Fsp3) is 0.250. The van der Waals surface area contributed by atoms with E-state index < -0.39 is 6.10 Å². The SMILES string of the molecule is C[C@H](NCC(O)c1ccccc1F)c1cccc(Br)c1. The predicted octanol–water partition coefficient (Wildman–Crippen LogP) is 3.97. The van der Waals surface area contributed by atoms with Gasteiger partial charge in [0.2, 0.25) is 0 Å². The Kier molecular flexibility index (Phi) is 5.29. The summed E-state index contributed by atoms with van der Waals surface area (Å²) < 4.78 is 14.6. The van der Waals surface area contributed by atoms with Crippen LogP contribution < -0.4 is 5.32 Å². The summed E-state index contributed by atoms with van der Waals surface area (Å²) in [4.78, 5) is 0. The van der Waals surface area contributed by atoms with Gasteiger partial charge in [-0.05, 0) is 30.7 Å². The lowest BCUT2D eigenvalue weighted by Gasteiger charge is -2.18. The fourth-order valence-corrected chi connectivity index (χ4v) is 2.45. The maximum atomic E-state index is 13.5. The smallest absolute Gasteiger partial charge is 0.129 e. The molecule has 20 heavy (non-hydrogen) atoms. The third-order valence-corrected chi connectivity index (χ3v) is 3.72. The summed E-state index contributed by atoms with van der Waals surface area (Å²) in [7, 11) is 0. The molecule has 0 aliphatic rings. The number of aliphatic hydroxyl groups excluding tert-OH is 1. The van der Waals surface area contributed by atoms with Crippen molar-refractivity contribution in [3.8, 4) is 0 Å². The number of nitrogens with one attached hydrogen (secondary N) is 1. The van der Waals surface area contributed by atoms with E-state index in [1.165, 1.54) is 6.07 Å². The molecule has 1 unspecified atom stereocenters. The lowest BCUT2D eigenvalue weighted by molar-refractivity contribution is 0.166. The van der Waals surface area contributed by atoms with Gasteiger partial charge in [0.25, 0.3) is 0 Å². The molecule has 0 heterocycles. The third kappa shape index (κ3) is 3.88. The Balaban J connectivity index is 1.97. The molecule has 4 heteroatoms. The average molecular weight is 338 g/mol. The first kappa shape index (κ1) is 15.2. The quantitative estimate of drug-likeness (QED) is 0.865. The fourth-order valence-electron chi connectivity index (χ4n) is 2.04. The van der Waals surface area contributed by atoms with Gasteiger partial charge in [0.05, 0.1) is 6.10 Å². The van der Waals surface area contributed by atoms with Gasteiger partial charge >= 0.3 is 0 Å². The molecule has 2 atom stereocenters. The Morgan fingerprint density at radius 1 is 1.20 bits per heavy atom. The second-order valence-electron chi connectivity index (χ2n) is 4.72. The largest absolute Gasteiger partial charge is 0.387 e. The average Bonchev–Trinajstić information content (AvgIpc) is 2.45. The van der Waals surface area contributed by atoms with Gasteiger partial charge in [-0.15, -0.1) is 0 Å². The molecule has 0 aliphatic heterocycles. The standard InChI is InChI=1S/C16H17BrFNO/c1-11(12-5-4-6-13(17)9-12)19-10-16(20)14-7-2-3-8-15(14)18/h2-9,11,16,19-20H,10H2,1H3/t11-,16?/m0/s1. The van der Waals surface area contributed by atoms with E-state index in [0.717, 1.165) is 10.0 Å². The molecule has 0 saturated heterocycles. The molecule has 2 aromatic rings. The Labute approximate surface area is 126 Å². The first-order valence-corrected chi connectivity index (χ1v) is 7.28. The molecule has 2 rings (SSSR count). The van der Waals surface area contributed by atoms with Crippen molar-refractivity contribution in [2.24, 2.45) is 0 Å². The molecule has 0 fully saturated rings. The summed E-state index contributed by atoms with van der Waals surface area (Å²) in [5.41, 5.74) is 1.43. The van der Waals surface area contributed by atoms with Crippen molar-refractivity contribution in [1.82, 2.24) is 5.32 Å². The number of aliphatic hydroxyl groups is 1. The first-order chi connectivity index (χ1) is 9.58. The van der Waals surface area contributed by atoms with E-state index in [0.29, 0.717) is 12.1 Å². The highest BCUT2D eigenvalue weighted by Crippen LogP contribution is 2.20. The highest BCUT2D eigenvalue weighted by atomic mass is 79.9. The topological polar surface area (TPSA) is 32.3 Å².